The van der Waals surface area contributed by atoms with E-state index in [1.54, 1.807) is 0 Å². The number of carboxylic acids is 1. The molecule has 0 radical (unpaired) electrons. The van der Waals surface area contributed by atoms with Crippen LogP contribution in [0.3, 0.4) is 0 Å². The molecule has 0 bridgehead atoms. The number of carbonyl (C=O) groups is 1. The first-order valence-corrected chi connectivity index (χ1v) is 10.1. The van der Waals surface area contributed by atoms with Crippen molar-refractivity contribution in [3.05, 3.63) is 60.0 Å². The average molecular weight is 409 g/mol. The SMILES string of the molecule is CC(C)Cc1nnc(Nc2ccc(-c3ccc(CCOCCC(=O)O)cc3)cc2)o1. The van der Waals surface area contributed by atoms with Gasteiger partial charge in [0.2, 0.25) is 5.89 Å². The van der Waals surface area contributed by atoms with Crippen molar-refractivity contribution in [1.29, 1.82) is 0 Å². The van der Waals surface area contributed by atoms with Crippen LogP contribution in [0.15, 0.2) is 52.9 Å². The first kappa shape index (κ1) is 21.5. The maximum Gasteiger partial charge on any atom is 0.320 e. The molecule has 158 valence electrons. The summed E-state index contributed by atoms with van der Waals surface area (Å²) >= 11 is 0. The van der Waals surface area contributed by atoms with Gasteiger partial charge < -0.3 is 19.6 Å². The van der Waals surface area contributed by atoms with Gasteiger partial charge in [0.1, 0.15) is 0 Å². The molecule has 2 N–H and O–H groups in total. The van der Waals surface area contributed by atoms with Crippen LogP contribution in [-0.4, -0.2) is 34.5 Å². The number of aromatic nitrogens is 2. The Balaban J connectivity index is 1.51. The Morgan fingerprint density at radius 3 is 2.33 bits per heavy atom. The highest BCUT2D eigenvalue weighted by molar-refractivity contribution is 5.67. The smallest absolute Gasteiger partial charge is 0.320 e. The molecule has 0 atom stereocenters. The Hall–Kier alpha value is -3.19. The predicted octanol–water partition coefficient (Wildman–Crippen LogP) is 4.71. The molecule has 0 unspecified atom stereocenters. The number of hydrogen-bond acceptors (Lipinski definition) is 6. The number of ether oxygens (including phenoxy) is 1. The molecular weight excluding hydrogens is 382 g/mol. The summed E-state index contributed by atoms with van der Waals surface area (Å²) in [6.45, 7) is 4.98. The molecule has 2 aromatic carbocycles. The minimum absolute atomic E-state index is 0.0371. The molecular formula is C23H27N3O4. The van der Waals surface area contributed by atoms with Crippen LogP contribution < -0.4 is 5.32 Å². The van der Waals surface area contributed by atoms with Crippen LogP contribution in [0.5, 0.6) is 0 Å². The standard InChI is InChI=1S/C23H27N3O4/c1-16(2)15-21-25-26-23(30-21)24-20-9-7-19(8-10-20)18-5-3-17(4-6-18)11-13-29-14-12-22(27)28/h3-10,16H,11-15H2,1-2H3,(H,24,26)(H,27,28). The lowest BCUT2D eigenvalue weighted by molar-refractivity contribution is -0.138. The number of nitrogens with one attached hydrogen (secondary N) is 1. The zero-order valence-electron chi connectivity index (χ0n) is 17.3. The van der Waals surface area contributed by atoms with E-state index in [9.17, 15) is 4.79 Å². The summed E-state index contributed by atoms with van der Waals surface area (Å²) in [5, 5.41) is 19.8. The van der Waals surface area contributed by atoms with Crippen LogP contribution in [-0.2, 0) is 22.4 Å². The molecule has 30 heavy (non-hydrogen) atoms. The summed E-state index contributed by atoms with van der Waals surface area (Å²) in [5.74, 6) is 0.262. The van der Waals surface area contributed by atoms with Gasteiger partial charge in [-0.05, 0) is 41.2 Å². The normalized spacial score (nSPS) is 11.0. The lowest BCUT2D eigenvalue weighted by Crippen LogP contribution is -2.05. The van der Waals surface area contributed by atoms with Gasteiger partial charge in [-0.25, -0.2) is 0 Å². The second-order valence-electron chi connectivity index (χ2n) is 7.50. The van der Waals surface area contributed by atoms with Crippen molar-refractivity contribution in [1.82, 2.24) is 10.2 Å². The Labute approximate surface area is 176 Å². The number of rotatable bonds is 11. The van der Waals surface area contributed by atoms with E-state index in [4.69, 9.17) is 14.3 Å². The molecule has 0 fully saturated rings. The van der Waals surface area contributed by atoms with E-state index in [1.807, 2.05) is 24.3 Å². The van der Waals surface area contributed by atoms with E-state index >= 15 is 0 Å². The fourth-order valence-electron chi connectivity index (χ4n) is 2.92. The van der Waals surface area contributed by atoms with E-state index in [1.165, 1.54) is 0 Å². The van der Waals surface area contributed by atoms with Crippen LogP contribution in [0.1, 0.15) is 31.7 Å². The molecule has 0 aliphatic rings. The summed E-state index contributed by atoms with van der Waals surface area (Å²) < 4.78 is 11.0. The van der Waals surface area contributed by atoms with Gasteiger partial charge in [-0.3, -0.25) is 4.79 Å². The topological polar surface area (TPSA) is 97.5 Å². The van der Waals surface area contributed by atoms with Gasteiger partial charge in [-0.15, -0.1) is 5.10 Å². The number of carboxylic acid groups (broad SMARTS) is 1. The van der Waals surface area contributed by atoms with Crippen molar-refractivity contribution in [2.45, 2.75) is 33.1 Å². The van der Waals surface area contributed by atoms with E-state index in [0.29, 0.717) is 24.4 Å². The summed E-state index contributed by atoms with van der Waals surface area (Å²) in [4.78, 5) is 10.5. The number of aliphatic carboxylic acids is 1. The molecule has 1 heterocycles. The number of benzene rings is 2. The van der Waals surface area contributed by atoms with Gasteiger partial charge in [-0.2, -0.15) is 0 Å². The molecule has 0 aliphatic heterocycles. The second-order valence-corrected chi connectivity index (χ2v) is 7.50. The van der Waals surface area contributed by atoms with Crippen molar-refractivity contribution in [2.75, 3.05) is 18.5 Å². The molecule has 1 aromatic heterocycles. The summed E-state index contributed by atoms with van der Waals surface area (Å²) in [5.41, 5.74) is 4.26. The quantitative estimate of drug-likeness (QED) is 0.443. The number of nitrogens with zero attached hydrogens (tertiary/aromatic N) is 2. The van der Waals surface area contributed by atoms with Crippen molar-refractivity contribution >= 4 is 17.7 Å². The van der Waals surface area contributed by atoms with Gasteiger partial charge >= 0.3 is 12.0 Å². The van der Waals surface area contributed by atoms with Crippen molar-refractivity contribution in [2.24, 2.45) is 5.92 Å². The lowest BCUT2D eigenvalue weighted by Gasteiger charge is -2.07. The Morgan fingerprint density at radius 2 is 1.70 bits per heavy atom. The predicted molar refractivity (Wildman–Crippen MR) is 115 cm³/mol. The fourth-order valence-corrected chi connectivity index (χ4v) is 2.92. The molecule has 0 amide bonds. The largest absolute Gasteiger partial charge is 0.481 e. The molecule has 0 spiro atoms. The molecule has 0 aliphatic carbocycles. The zero-order valence-corrected chi connectivity index (χ0v) is 17.3. The molecule has 7 heteroatoms. The Kier molecular flexibility index (Phi) is 7.57. The van der Waals surface area contributed by atoms with E-state index < -0.39 is 5.97 Å². The molecule has 7 nitrogen and oxygen atoms in total. The summed E-state index contributed by atoms with van der Waals surface area (Å²) in [6.07, 6.45) is 1.55. The highest BCUT2D eigenvalue weighted by atomic mass is 16.5. The number of hydrogen-bond donors (Lipinski definition) is 2. The van der Waals surface area contributed by atoms with Crippen LogP contribution in [0.2, 0.25) is 0 Å². The molecule has 0 saturated heterocycles. The van der Waals surface area contributed by atoms with Gasteiger partial charge in [0, 0.05) is 12.1 Å². The minimum Gasteiger partial charge on any atom is -0.481 e. The lowest BCUT2D eigenvalue weighted by atomic mass is 10.0. The van der Waals surface area contributed by atoms with Crippen LogP contribution in [0, 0.1) is 5.92 Å². The molecule has 3 rings (SSSR count). The monoisotopic (exact) mass is 409 g/mol. The highest BCUT2D eigenvalue weighted by Gasteiger charge is 2.08. The van der Waals surface area contributed by atoms with Crippen LogP contribution in [0.25, 0.3) is 11.1 Å². The molecule has 0 saturated carbocycles. The van der Waals surface area contributed by atoms with Crippen LogP contribution >= 0.6 is 0 Å². The van der Waals surface area contributed by atoms with Crippen LogP contribution in [0.4, 0.5) is 11.7 Å². The third-order valence-corrected chi connectivity index (χ3v) is 4.47. The maximum atomic E-state index is 10.5. The average Bonchev–Trinajstić information content (AvgIpc) is 3.14. The van der Waals surface area contributed by atoms with E-state index in [0.717, 1.165) is 35.2 Å². The van der Waals surface area contributed by atoms with E-state index in [2.05, 4.69) is 53.6 Å². The van der Waals surface area contributed by atoms with Gasteiger partial charge in [0.05, 0.1) is 19.6 Å². The van der Waals surface area contributed by atoms with E-state index in [-0.39, 0.29) is 13.0 Å². The van der Waals surface area contributed by atoms with Crippen molar-refractivity contribution in [3.63, 3.8) is 0 Å². The Morgan fingerprint density at radius 1 is 1.03 bits per heavy atom. The third kappa shape index (κ3) is 6.70. The van der Waals surface area contributed by atoms with Gasteiger partial charge in [0.25, 0.3) is 0 Å². The maximum absolute atomic E-state index is 10.5. The summed E-state index contributed by atoms with van der Waals surface area (Å²) in [7, 11) is 0. The van der Waals surface area contributed by atoms with Crippen molar-refractivity contribution < 1.29 is 19.1 Å². The first-order chi connectivity index (χ1) is 14.5. The number of anilines is 2. The fraction of sp³-hybridized carbons (Fsp3) is 0.348. The van der Waals surface area contributed by atoms with Crippen molar-refractivity contribution in [3.8, 4) is 11.1 Å². The van der Waals surface area contributed by atoms with Gasteiger partial charge in [0.15, 0.2) is 0 Å². The minimum atomic E-state index is -0.839. The third-order valence-electron chi connectivity index (χ3n) is 4.47. The Bertz CT molecular complexity index is 934. The second kappa shape index (κ2) is 10.5. The zero-order chi connectivity index (χ0) is 21.3. The van der Waals surface area contributed by atoms with Gasteiger partial charge in [-0.1, -0.05) is 55.3 Å². The molecule has 3 aromatic rings. The first-order valence-electron chi connectivity index (χ1n) is 10.1. The summed E-state index contributed by atoms with van der Waals surface area (Å²) in [6, 6.07) is 16.7. The highest BCUT2D eigenvalue weighted by Crippen LogP contribution is 2.24.